The number of hydrogen-bond acceptors (Lipinski definition) is 4. The standard InChI is InChI=1S/C14H25NO4S/c1-3-9-18-12-14-7-5-10-19-13(14)6-8-15(11-14)20(16,17)4-2/h3,13H,1,4-12H2,2H3/t13-,14+/m0/s1. The second-order valence-corrected chi connectivity index (χ2v) is 7.91. The fraction of sp³-hybridized carbons (Fsp3) is 0.857. The van der Waals surface area contributed by atoms with Crippen molar-refractivity contribution in [1.82, 2.24) is 4.31 Å². The molecule has 6 heteroatoms. The molecule has 2 aliphatic rings. The molecule has 0 radical (unpaired) electrons. The van der Waals surface area contributed by atoms with Crippen LogP contribution in [0.3, 0.4) is 0 Å². The lowest BCUT2D eigenvalue weighted by Gasteiger charge is -2.49. The van der Waals surface area contributed by atoms with Crippen molar-refractivity contribution in [1.29, 1.82) is 0 Å². The molecule has 0 aromatic carbocycles. The molecule has 20 heavy (non-hydrogen) atoms. The third-order valence-corrected chi connectivity index (χ3v) is 6.16. The Morgan fingerprint density at radius 2 is 2.35 bits per heavy atom. The minimum absolute atomic E-state index is 0.115. The van der Waals surface area contributed by atoms with Gasteiger partial charge in [-0.3, -0.25) is 0 Å². The summed E-state index contributed by atoms with van der Waals surface area (Å²) in [5.41, 5.74) is -0.193. The van der Waals surface area contributed by atoms with Crippen LogP contribution in [0.5, 0.6) is 0 Å². The molecule has 5 nitrogen and oxygen atoms in total. The van der Waals surface area contributed by atoms with Gasteiger partial charge in [-0.25, -0.2) is 12.7 Å². The maximum absolute atomic E-state index is 12.1. The number of sulfonamides is 1. The lowest BCUT2D eigenvalue weighted by molar-refractivity contribution is -0.140. The predicted octanol–water partition coefficient (Wildman–Crippen LogP) is 1.41. The van der Waals surface area contributed by atoms with Gasteiger partial charge >= 0.3 is 0 Å². The minimum Gasteiger partial charge on any atom is -0.377 e. The molecule has 0 unspecified atom stereocenters. The van der Waals surface area contributed by atoms with Gasteiger partial charge in [0.2, 0.25) is 10.0 Å². The molecule has 0 N–H and O–H groups in total. The van der Waals surface area contributed by atoms with Crippen LogP contribution in [0.15, 0.2) is 12.7 Å². The maximum atomic E-state index is 12.1. The molecule has 0 spiro atoms. The van der Waals surface area contributed by atoms with Crippen molar-refractivity contribution in [3.8, 4) is 0 Å². The highest BCUT2D eigenvalue weighted by Crippen LogP contribution is 2.41. The lowest BCUT2D eigenvalue weighted by atomic mass is 9.73. The van der Waals surface area contributed by atoms with Crippen molar-refractivity contribution >= 4 is 10.0 Å². The van der Waals surface area contributed by atoms with Crippen molar-refractivity contribution in [3.05, 3.63) is 12.7 Å². The summed E-state index contributed by atoms with van der Waals surface area (Å²) < 4.78 is 37.4. The first-order valence-electron chi connectivity index (χ1n) is 7.32. The summed E-state index contributed by atoms with van der Waals surface area (Å²) in [4.78, 5) is 0. The highest BCUT2D eigenvalue weighted by molar-refractivity contribution is 7.89. The molecule has 2 atom stereocenters. The van der Waals surface area contributed by atoms with E-state index in [1.807, 2.05) is 0 Å². The van der Waals surface area contributed by atoms with Crippen LogP contribution in [0.2, 0.25) is 0 Å². The molecule has 2 rings (SSSR count). The van der Waals surface area contributed by atoms with Gasteiger partial charge in [0.1, 0.15) is 0 Å². The summed E-state index contributed by atoms with van der Waals surface area (Å²) in [5.74, 6) is 0.155. The third-order valence-electron chi connectivity index (χ3n) is 4.34. The summed E-state index contributed by atoms with van der Waals surface area (Å²) in [6.45, 7) is 8.23. The molecule has 116 valence electrons. The number of fused-ring (bicyclic) bond motifs is 1. The monoisotopic (exact) mass is 303 g/mol. The lowest BCUT2D eigenvalue weighted by Crippen LogP contribution is -2.58. The van der Waals surface area contributed by atoms with E-state index in [4.69, 9.17) is 9.47 Å². The Morgan fingerprint density at radius 1 is 1.55 bits per heavy atom. The summed E-state index contributed by atoms with van der Waals surface area (Å²) in [6.07, 6.45) is 4.53. The fourth-order valence-corrected chi connectivity index (χ4v) is 4.43. The van der Waals surface area contributed by atoms with E-state index in [1.165, 1.54) is 0 Å². The zero-order valence-corrected chi connectivity index (χ0v) is 13.0. The predicted molar refractivity (Wildman–Crippen MR) is 78.1 cm³/mol. The first-order chi connectivity index (χ1) is 9.54. The Labute approximate surface area is 122 Å². The Kier molecular flexibility index (Phi) is 5.23. The molecule has 0 aromatic rings. The van der Waals surface area contributed by atoms with Gasteiger partial charge < -0.3 is 9.47 Å². The van der Waals surface area contributed by atoms with Gasteiger partial charge in [-0.2, -0.15) is 0 Å². The average Bonchev–Trinajstić information content (AvgIpc) is 2.47. The van der Waals surface area contributed by atoms with Crippen LogP contribution >= 0.6 is 0 Å². The van der Waals surface area contributed by atoms with Gasteiger partial charge in [0.25, 0.3) is 0 Å². The van der Waals surface area contributed by atoms with E-state index in [9.17, 15) is 8.42 Å². The first-order valence-corrected chi connectivity index (χ1v) is 8.93. The molecular weight excluding hydrogens is 278 g/mol. The highest BCUT2D eigenvalue weighted by atomic mass is 32.2. The quantitative estimate of drug-likeness (QED) is 0.550. The van der Waals surface area contributed by atoms with Crippen LogP contribution in [0.1, 0.15) is 26.2 Å². The van der Waals surface area contributed by atoms with Crippen LogP contribution in [0.4, 0.5) is 0 Å². The number of hydrogen-bond donors (Lipinski definition) is 0. The molecule has 2 saturated heterocycles. The van der Waals surface area contributed by atoms with E-state index in [0.29, 0.717) is 26.3 Å². The molecule has 0 aromatic heterocycles. The zero-order valence-electron chi connectivity index (χ0n) is 12.2. The first kappa shape index (κ1) is 15.9. The Morgan fingerprint density at radius 3 is 3.05 bits per heavy atom. The van der Waals surface area contributed by atoms with E-state index < -0.39 is 10.0 Å². The van der Waals surface area contributed by atoms with Crippen molar-refractivity contribution in [2.45, 2.75) is 32.3 Å². The molecule has 0 bridgehead atoms. The van der Waals surface area contributed by atoms with E-state index in [2.05, 4.69) is 6.58 Å². The Bertz CT molecular complexity index is 436. The second-order valence-electron chi connectivity index (χ2n) is 5.65. The van der Waals surface area contributed by atoms with Crippen LogP contribution in [0, 0.1) is 5.41 Å². The van der Waals surface area contributed by atoms with Gasteiger partial charge in [0.05, 0.1) is 25.1 Å². The van der Waals surface area contributed by atoms with Crippen LogP contribution in [0.25, 0.3) is 0 Å². The van der Waals surface area contributed by atoms with Gasteiger partial charge in [-0.15, -0.1) is 6.58 Å². The summed E-state index contributed by atoms with van der Waals surface area (Å²) >= 11 is 0. The van der Waals surface area contributed by atoms with Crippen LogP contribution in [-0.2, 0) is 19.5 Å². The van der Waals surface area contributed by atoms with Crippen molar-refractivity contribution in [2.24, 2.45) is 5.41 Å². The van der Waals surface area contributed by atoms with Crippen LogP contribution in [-0.4, -0.2) is 57.5 Å². The third kappa shape index (κ3) is 3.24. The van der Waals surface area contributed by atoms with E-state index in [-0.39, 0.29) is 17.3 Å². The van der Waals surface area contributed by atoms with Crippen molar-refractivity contribution in [3.63, 3.8) is 0 Å². The van der Waals surface area contributed by atoms with Crippen molar-refractivity contribution in [2.75, 3.05) is 38.7 Å². The normalized spacial score (nSPS) is 31.8. The zero-order chi connectivity index (χ0) is 14.6. The molecule has 2 heterocycles. The molecular formula is C14H25NO4S. The topological polar surface area (TPSA) is 55.8 Å². The average molecular weight is 303 g/mol. The molecule has 0 aliphatic carbocycles. The molecule has 0 saturated carbocycles. The van der Waals surface area contributed by atoms with E-state index in [0.717, 1.165) is 25.9 Å². The van der Waals surface area contributed by atoms with Gasteiger partial charge in [0.15, 0.2) is 0 Å². The maximum Gasteiger partial charge on any atom is 0.213 e. The van der Waals surface area contributed by atoms with Crippen molar-refractivity contribution < 1.29 is 17.9 Å². The number of rotatable bonds is 6. The Balaban J connectivity index is 2.14. The number of ether oxygens (including phenoxy) is 2. The Hall–Kier alpha value is -0.430. The number of nitrogens with zero attached hydrogens (tertiary/aromatic N) is 1. The minimum atomic E-state index is -3.14. The van der Waals surface area contributed by atoms with Crippen LogP contribution < -0.4 is 0 Å². The van der Waals surface area contributed by atoms with E-state index in [1.54, 1.807) is 17.3 Å². The largest absolute Gasteiger partial charge is 0.377 e. The summed E-state index contributed by atoms with van der Waals surface area (Å²) in [6, 6.07) is 0. The summed E-state index contributed by atoms with van der Waals surface area (Å²) in [5, 5.41) is 0. The molecule has 2 fully saturated rings. The molecule has 2 aliphatic heterocycles. The van der Waals surface area contributed by atoms with Gasteiger partial charge in [-0.1, -0.05) is 6.08 Å². The highest BCUT2D eigenvalue weighted by Gasteiger charge is 2.48. The number of piperidine rings is 1. The second kappa shape index (κ2) is 6.56. The van der Waals surface area contributed by atoms with Gasteiger partial charge in [-0.05, 0) is 26.2 Å². The van der Waals surface area contributed by atoms with E-state index >= 15 is 0 Å². The molecule has 0 amide bonds. The van der Waals surface area contributed by atoms with Gasteiger partial charge in [0, 0.05) is 25.1 Å². The SMILES string of the molecule is C=CCOC[C@]12CCCO[C@H]1CCN(S(=O)(=O)CC)C2. The summed E-state index contributed by atoms with van der Waals surface area (Å²) in [7, 11) is -3.14. The fourth-order valence-electron chi connectivity index (χ4n) is 3.23. The smallest absolute Gasteiger partial charge is 0.213 e.